The predicted octanol–water partition coefficient (Wildman–Crippen LogP) is 1.30. The summed E-state index contributed by atoms with van der Waals surface area (Å²) in [6.07, 6.45) is 3.80. The van der Waals surface area contributed by atoms with Gasteiger partial charge in [0.25, 0.3) is 11.4 Å². The first-order chi connectivity index (χ1) is 7.34. The first-order valence-electron chi connectivity index (χ1n) is 4.86. The molecule has 1 fully saturated rings. The standard InChI is InChI=1S/C10H9N3O2/c14-9-7(2-1-5-11-9)10-12-8(13-15-10)6-3-4-6/h1-2,5-6H,3-4H2,(H,11,14). The highest BCUT2D eigenvalue weighted by atomic mass is 16.5. The van der Waals surface area contributed by atoms with E-state index >= 15 is 0 Å². The summed E-state index contributed by atoms with van der Waals surface area (Å²) in [5, 5.41) is 3.86. The van der Waals surface area contributed by atoms with Crippen LogP contribution in [0.5, 0.6) is 0 Å². The number of rotatable bonds is 2. The Morgan fingerprint density at radius 2 is 2.33 bits per heavy atom. The van der Waals surface area contributed by atoms with Crippen molar-refractivity contribution in [3.63, 3.8) is 0 Å². The number of hydrogen-bond donors (Lipinski definition) is 1. The van der Waals surface area contributed by atoms with E-state index in [1.807, 2.05) is 0 Å². The number of nitrogens with zero attached hydrogens (tertiary/aromatic N) is 2. The molecule has 0 amide bonds. The molecule has 1 saturated carbocycles. The van der Waals surface area contributed by atoms with Crippen molar-refractivity contribution in [3.8, 4) is 11.5 Å². The van der Waals surface area contributed by atoms with Crippen molar-refractivity contribution in [1.82, 2.24) is 15.1 Å². The Labute approximate surface area is 85.1 Å². The van der Waals surface area contributed by atoms with E-state index in [9.17, 15) is 4.79 Å². The molecule has 0 atom stereocenters. The normalized spacial score (nSPS) is 15.5. The van der Waals surface area contributed by atoms with Crippen molar-refractivity contribution in [1.29, 1.82) is 0 Å². The summed E-state index contributed by atoms with van der Waals surface area (Å²) < 4.78 is 5.05. The minimum atomic E-state index is -0.205. The molecule has 0 radical (unpaired) electrons. The van der Waals surface area contributed by atoms with Crippen molar-refractivity contribution in [2.24, 2.45) is 0 Å². The molecule has 0 unspecified atom stereocenters. The Morgan fingerprint density at radius 1 is 1.47 bits per heavy atom. The van der Waals surface area contributed by atoms with E-state index in [1.165, 1.54) is 0 Å². The largest absolute Gasteiger partial charge is 0.334 e. The maximum atomic E-state index is 11.4. The van der Waals surface area contributed by atoms with Gasteiger partial charge in [0.1, 0.15) is 5.56 Å². The molecule has 2 aromatic rings. The number of aromatic amines is 1. The molecular formula is C10H9N3O2. The van der Waals surface area contributed by atoms with E-state index < -0.39 is 0 Å². The van der Waals surface area contributed by atoms with Gasteiger partial charge in [-0.1, -0.05) is 5.16 Å². The Morgan fingerprint density at radius 3 is 3.07 bits per heavy atom. The van der Waals surface area contributed by atoms with Crippen LogP contribution in [0.3, 0.4) is 0 Å². The second-order valence-electron chi connectivity index (χ2n) is 3.64. The number of nitrogens with one attached hydrogen (secondary N) is 1. The van der Waals surface area contributed by atoms with Crippen LogP contribution in [0.2, 0.25) is 0 Å². The minimum Gasteiger partial charge on any atom is -0.334 e. The van der Waals surface area contributed by atoms with Gasteiger partial charge < -0.3 is 9.51 Å². The molecule has 0 saturated heterocycles. The predicted molar refractivity (Wildman–Crippen MR) is 52.3 cm³/mol. The van der Waals surface area contributed by atoms with Gasteiger partial charge in [-0.05, 0) is 25.0 Å². The third-order valence-corrected chi connectivity index (χ3v) is 2.43. The molecule has 1 N–H and O–H groups in total. The Bertz CT molecular complexity index is 539. The third kappa shape index (κ3) is 1.45. The van der Waals surface area contributed by atoms with Gasteiger partial charge in [-0.2, -0.15) is 4.98 Å². The van der Waals surface area contributed by atoms with Gasteiger partial charge in [0.05, 0.1) is 0 Å². The lowest BCUT2D eigenvalue weighted by molar-refractivity contribution is 0.422. The maximum absolute atomic E-state index is 11.4. The summed E-state index contributed by atoms with van der Waals surface area (Å²) in [5.74, 6) is 1.46. The summed E-state index contributed by atoms with van der Waals surface area (Å²) in [6.45, 7) is 0. The monoisotopic (exact) mass is 203 g/mol. The van der Waals surface area contributed by atoms with Crippen molar-refractivity contribution >= 4 is 0 Å². The van der Waals surface area contributed by atoms with Crippen LogP contribution in [-0.2, 0) is 0 Å². The summed E-state index contributed by atoms with van der Waals surface area (Å²) >= 11 is 0. The Kier molecular flexibility index (Phi) is 1.71. The number of H-pyrrole nitrogens is 1. The second-order valence-corrected chi connectivity index (χ2v) is 3.64. The van der Waals surface area contributed by atoms with Crippen LogP contribution in [0.15, 0.2) is 27.6 Å². The Hall–Kier alpha value is -1.91. The second kappa shape index (κ2) is 3.05. The lowest BCUT2D eigenvalue weighted by atomic mass is 10.3. The number of aromatic nitrogens is 3. The molecule has 3 rings (SSSR count). The molecule has 15 heavy (non-hydrogen) atoms. The smallest absolute Gasteiger partial charge is 0.263 e. The maximum Gasteiger partial charge on any atom is 0.263 e. The van der Waals surface area contributed by atoms with E-state index in [4.69, 9.17) is 4.52 Å². The molecule has 5 nitrogen and oxygen atoms in total. The van der Waals surface area contributed by atoms with Crippen molar-refractivity contribution in [2.45, 2.75) is 18.8 Å². The average Bonchev–Trinajstić information content (AvgIpc) is 2.99. The van der Waals surface area contributed by atoms with Crippen molar-refractivity contribution in [3.05, 3.63) is 34.5 Å². The van der Waals surface area contributed by atoms with Gasteiger partial charge in [-0.3, -0.25) is 4.79 Å². The highest BCUT2D eigenvalue weighted by Gasteiger charge is 2.29. The van der Waals surface area contributed by atoms with Gasteiger partial charge in [-0.15, -0.1) is 0 Å². The topological polar surface area (TPSA) is 71.8 Å². The van der Waals surface area contributed by atoms with Crippen molar-refractivity contribution < 1.29 is 4.52 Å². The van der Waals surface area contributed by atoms with Crippen molar-refractivity contribution in [2.75, 3.05) is 0 Å². The van der Waals surface area contributed by atoms with E-state index in [0.717, 1.165) is 12.8 Å². The van der Waals surface area contributed by atoms with Gasteiger partial charge in [0, 0.05) is 12.1 Å². The first kappa shape index (κ1) is 8.40. The summed E-state index contributed by atoms with van der Waals surface area (Å²) in [6, 6.07) is 3.40. The van der Waals surface area contributed by atoms with Gasteiger partial charge in [0.15, 0.2) is 5.82 Å². The van der Waals surface area contributed by atoms with E-state index in [1.54, 1.807) is 18.3 Å². The van der Waals surface area contributed by atoms with Crippen LogP contribution in [0.25, 0.3) is 11.5 Å². The molecule has 0 aliphatic heterocycles. The zero-order chi connectivity index (χ0) is 10.3. The highest BCUT2D eigenvalue weighted by Crippen LogP contribution is 2.38. The van der Waals surface area contributed by atoms with E-state index in [-0.39, 0.29) is 5.56 Å². The molecule has 2 heterocycles. The molecule has 0 spiro atoms. The fourth-order valence-corrected chi connectivity index (χ4v) is 1.44. The molecule has 1 aliphatic rings. The summed E-state index contributed by atoms with van der Waals surface area (Å²) in [5.41, 5.74) is 0.223. The molecule has 2 aromatic heterocycles. The zero-order valence-corrected chi connectivity index (χ0v) is 7.93. The van der Waals surface area contributed by atoms with Crippen LogP contribution < -0.4 is 5.56 Å². The minimum absolute atomic E-state index is 0.205. The SMILES string of the molecule is O=c1[nH]cccc1-c1nc(C2CC2)no1. The van der Waals surface area contributed by atoms with Gasteiger partial charge in [0.2, 0.25) is 0 Å². The van der Waals surface area contributed by atoms with Crippen LogP contribution in [0.4, 0.5) is 0 Å². The lowest BCUT2D eigenvalue weighted by Gasteiger charge is -1.89. The molecular weight excluding hydrogens is 194 g/mol. The van der Waals surface area contributed by atoms with Gasteiger partial charge >= 0.3 is 0 Å². The lowest BCUT2D eigenvalue weighted by Crippen LogP contribution is -2.06. The molecule has 76 valence electrons. The summed E-state index contributed by atoms with van der Waals surface area (Å²) in [4.78, 5) is 18.2. The summed E-state index contributed by atoms with van der Waals surface area (Å²) in [7, 11) is 0. The van der Waals surface area contributed by atoms with Crippen LogP contribution in [0, 0.1) is 0 Å². The number of hydrogen-bond acceptors (Lipinski definition) is 4. The fraction of sp³-hybridized carbons (Fsp3) is 0.300. The fourth-order valence-electron chi connectivity index (χ4n) is 1.44. The average molecular weight is 203 g/mol. The first-order valence-corrected chi connectivity index (χ1v) is 4.86. The van der Waals surface area contributed by atoms with Crippen LogP contribution in [0.1, 0.15) is 24.6 Å². The molecule has 0 aromatic carbocycles. The third-order valence-electron chi connectivity index (χ3n) is 2.43. The number of pyridine rings is 1. The van der Waals surface area contributed by atoms with Crippen LogP contribution >= 0.6 is 0 Å². The quantitative estimate of drug-likeness (QED) is 0.798. The van der Waals surface area contributed by atoms with E-state index in [2.05, 4.69) is 15.1 Å². The zero-order valence-electron chi connectivity index (χ0n) is 7.93. The molecule has 5 heteroatoms. The molecule has 0 bridgehead atoms. The van der Waals surface area contributed by atoms with E-state index in [0.29, 0.717) is 23.2 Å². The molecule has 1 aliphatic carbocycles. The van der Waals surface area contributed by atoms with Crippen LogP contribution in [-0.4, -0.2) is 15.1 Å². The highest BCUT2D eigenvalue weighted by molar-refractivity contribution is 5.50. The van der Waals surface area contributed by atoms with Gasteiger partial charge in [-0.25, -0.2) is 0 Å². The Balaban J connectivity index is 2.05.